The van der Waals surface area contributed by atoms with E-state index in [2.05, 4.69) is 23.0 Å². The van der Waals surface area contributed by atoms with Gasteiger partial charge in [0.2, 0.25) is 5.91 Å². The van der Waals surface area contributed by atoms with E-state index in [1.54, 1.807) is 12.4 Å². The van der Waals surface area contributed by atoms with Crippen molar-refractivity contribution in [3.05, 3.63) is 53.1 Å². The molecule has 3 aromatic rings. The fourth-order valence-electron chi connectivity index (χ4n) is 4.66. The highest BCUT2D eigenvalue weighted by Gasteiger charge is 2.36. The molecular weight excluding hydrogens is 407 g/mol. The monoisotopic (exact) mass is 429 g/mol. The lowest BCUT2D eigenvalue weighted by molar-refractivity contribution is -0.141. The molecule has 1 amide bonds. The molecule has 0 N–H and O–H groups in total. The number of carbonyl (C=O) groups is 1. The Labute approximate surface area is 177 Å². The Morgan fingerprint density at radius 2 is 1.90 bits per heavy atom. The molecule has 31 heavy (non-hydrogen) atoms. The SMILES string of the molecule is Cc1cc2ncn(C)c2c2c1CN(C(=O)CC1CN(c3ccnc(C(F)(F)F)c3)C1)C2. The Balaban J connectivity index is 1.23. The number of hydrogen-bond acceptors (Lipinski definition) is 4. The Bertz CT molecular complexity index is 1180. The minimum Gasteiger partial charge on any atom is -0.371 e. The fraction of sp³-hybridized carbons (Fsp3) is 0.409. The van der Waals surface area contributed by atoms with Crippen molar-refractivity contribution in [3.8, 4) is 0 Å². The Hall–Kier alpha value is -3.10. The largest absolute Gasteiger partial charge is 0.433 e. The summed E-state index contributed by atoms with van der Waals surface area (Å²) in [6.45, 7) is 4.35. The summed E-state index contributed by atoms with van der Waals surface area (Å²) in [5.41, 5.74) is 5.11. The second-order valence-corrected chi connectivity index (χ2v) is 8.50. The molecular formula is C22H22F3N5O. The maximum absolute atomic E-state index is 12.9. The molecule has 4 heterocycles. The van der Waals surface area contributed by atoms with Crippen LogP contribution in [0.4, 0.5) is 18.9 Å². The molecule has 0 radical (unpaired) electrons. The van der Waals surface area contributed by atoms with E-state index in [9.17, 15) is 18.0 Å². The molecule has 2 aliphatic heterocycles. The van der Waals surface area contributed by atoms with E-state index in [1.807, 2.05) is 21.4 Å². The van der Waals surface area contributed by atoms with Crippen molar-refractivity contribution in [2.24, 2.45) is 13.0 Å². The predicted molar refractivity (Wildman–Crippen MR) is 109 cm³/mol. The number of imidazole rings is 1. The van der Waals surface area contributed by atoms with Gasteiger partial charge in [-0.3, -0.25) is 9.78 Å². The number of benzene rings is 1. The van der Waals surface area contributed by atoms with Gasteiger partial charge in [-0.2, -0.15) is 13.2 Å². The first-order valence-corrected chi connectivity index (χ1v) is 10.2. The summed E-state index contributed by atoms with van der Waals surface area (Å²) in [7, 11) is 1.96. The van der Waals surface area contributed by atoms with Crippen molar-refractivity contribution in [2.75, 3.05) is 18.0 Å². The number of aromatic nitrogens is 3. The van der Waals surface area contributed by atoms with Gasteiger partial charge in [0.05, 0.1) is 17.4 Å². The average molecular weight is 429 g/mol. The van der Waals surface area contributed by atoms with Crippen LogP contribution in [0, 0.1) is 12.8 Å². The van der Waals surface area contributed by atoms with Crippen LogP contribution in [0.3, 0.4) is 0 Å². The zero-order valence-corrected chi connectivity index (χ0v) is 17.3. The maximum atomic E-state index is 12.9. The molecule has 0 saturated carbocycles. The zero-order valence-electron chi connectivity index (χ0n) is 17.3. The highest BCUT2D eigenvalue weighted by Crippen LogP contribution is 2.35. The number of hydrogen-bond donors (Lipinski definition) is 0. The van der Waals surface area contributed by atoms with Crippen LogP contribution in [0.5, 0.6) is 0 Å². The van der Waals surface area contributed by atoms with Gasteiger partial charge in [-0.1, -0.05) is 0 Å². The third kappa shape index (κ3) is 3.41. The number of fused-ring (bicyclic) bond motifs is 3. The number of amides is 1. The molecule has 0 bridgehead atoms. The smallest absolute Gasteiger partial charge is 0.371 e. The third-order valence-electron chi connectivity index (χ3n) is 6.31. The van der Waals surface area contributed by atoms with E-state index in [-0.39, 0.29) is 11.8 Å². The topological polar surface area (TPSA) is 54.3 Å². The van der Waals surface area contributed by atoms with Crippen LogP contribution in [-0.2, 0) is 31.1 Å². The molecule has 6 nitrogen and oxygen atoms in total. The number of nitrogens with zero attached hydrogens (tertiary/aromatic N) is 5. The normalized spacial score (nSPS) is 16.7. The minimum absolute atomic E-state index is 0.0845. The summed E-state index contributed by atoms with van der Waals surface area (Å²) in [5, 5.41) is 0. The van der Waals surface area contributed by atoms with Gasteiger partial charge >= 0.3 is 6.18 Å². The first-order valence-electron chi connectivity index (χ1n) is 10.2. The average Bonchev–Trinajstić information content (AvgIpc) is 3.28. The lowest BCUT2D eigenvalue weighted by Gasteiger charge is -2.41. The molecule has 0 aliphatic carbocycles. The molecule has 2 aliphatic rings. The van der Waals surface area contributed by atoms with Gasteiger partial charge in [0, 0.05) is 63.0 Å². The van der Waals surface area contributed by atoms with E-state index in [0.29, 0.717) is 38.3 Å². The van der Waals surface area contributed by atoms with Crippen LogP contribution in [0.25, 0.3) is 11.0 Å². The highest BCUT2D eigenvalue weighted by molar-refractivity contribution is 5.85. The standard InChI is InChI=1S/C22H22F3N5O/c1-13-5-18-21(28(2)12-27-18)17-11-30(10-16(13)17)20(31)6-14-8-29(9-14)15-3-4-26-19(7-15)22(23,24)25/h3-5,7,12,14H,6,8-11H2,1-2H3. The molecule has 0 unspecified atom stereocenters. The molecule has 2 aromatic heterocycles. The Morgan fingerprint density at radius 1 is 1.16 bits per heavy atom. The fourth-order valence-corrected chi connectivity index (χ4v) is 4.66. The lowest BCUT2D eigenvalue weighted by atomic mass is 9.95. The minimum atomic E-state index is -4.46. The first kappa shape index (κ1) is 19.8. The maximum Gasteiger partial charge on any atom is 0.433 e. The quantitative estimate of drug-likeness (QED) is 0.638. The van der Waals surface area contributed by atoms with Gasteiger partial charge in [-0.25, -0.2) is 4.98 Å². The van der Waals surface area contributed by atoms with Crippen LogP contribution < -0.4 is 4.90 Å². The van der Waals surface area contributed by atoms with Crippen molar-refractivity contribution in [3.63, 3.8) is 0 Å². The van der Waals surface area contributed by atoms with Crippen LogP contribution in [0.15, 0.2) is 30.7 Å². The number of aryl methyl sites for hydroxylation is 2. The number of rotatable bonds is 3. The van der Waals surface area contributed by atoms with Crippen LogP contribution in [-0.4, -0.2) is 38.4 Å². The van der Waals surface area contributed by atoms with Crippen LogP contribution in [0.1, 0.15) is 28.8 Å². The highest BCUT2D eigenvalue weighted by atomic mass is 19.4. The van der Waals surface area contributed by atoms with Crippen molar-refractivity contribution in [2.45, 2.75) is 32.6 Å². The second-order valence-electron chi connectivity index (χ2n) is 8.50. The van der Waals surface area contributed by atoms with Crippen molar-refractivity contribution in [1.82, 2.24) is 19.4 Å². The Morgan fingerprint density at radius 3 is 2.65 bits per heavy atom. The second kappa shape index (κ2) is 6.96. The number of pyridine rings is 1. The number of alkyl halides is 3. The molecule has 1 aromatic carbocycles. The third-order valence-corrected chi connectivity index (χ3v) is 6.31. The summed E-state index contributed by atoms with van der Waals surface area (Å²) in [4.78, 5) is 24.5. The molecule has 0 spiro atoms. The molecule has 162 valence electrons. The van der Waals surface area contributed by atoms with Gasteiger partial charge in [0.25, 0.3) is 0 Å². The predicted octanol–water partition coefficient (Wildman–Crippen LogP) is 3.66. The molecule has 9 heteroatoms. The summed E-state index contributed by atoms with van der Waals surface area (Å²) in [6, 6.07) is 4.71. The van der Waals surface area contributed by atoms with Gasteiger partial charge < -0.3 is 14.4 Å². The van der Waals surface area contributed by atoms with E-state index >= 15 is 0 Å². The van der Waals surface area contributed by atoms with Crippen molar-refractivity contribution >= 4 is 22.6 Å². The van der Waals surface area contributed by atoms with Gasteiger partial charge in [-0.05, 0) is 36.2 Å². The Kier molecular flexibility index (Phi) is 4.46. The van der Waals surface area contributed by atoms with Gasteiger partial charge in [0.15, 0.2) is 0 Å². The molecule has 5 rings (SSSR count). The zero-order chi connectivity index (χ0) is 21.9. The summed E-state index contributed by atoms with van der Waals surface area (Å²) in [5.74, 6) is 0.220. The number of carbonyl (C=O) groups excluding carboxylic acids is 1. The number of halogens is 3. The van der Waals surface area contributed by atoms with Crippen molar-refractivity contribution in [1.29, 1.82) is 0 Å². The molecule has 1 saturated heterocycles. The van der Waals surface area contributed by atoms with E-state index in [1.165, 1.54) is 11.8 Å². The van der Waals surface area contributed by atoms with E-state index in [4.69, 9.17) is 0 Å². The van der Waals surface area contributed by atoms with Crippen LogP contribution >= 0.6 is 0 Å². The van der Waals surface area contributed by atoms with Crippen LogP contribution in [0.2, 0.25) is 0 Å². The van der Waals surface area contributed by atoms with E-state index < -0.39 is 11.9 Å². The molecule has 1 fully saturated rings. The summed E-state index contributed by atoms with van der Waals surface area (Å²) >= 11 is 0. The first-order chi connectivity index (χ1) is 14.7. The summed E-state index contributed by atoms with van der Waals surface area (Å²) < 4.78 is 40.6. The van der Waals surface area contributed by atoms with Crippen molar-refractivity contribution < 1.29 is 18.0 Å². The van der Waals surface area contributed by atoms with Gasteiger partial charge in [0.1, 0.15) is 5.69 Å². The number of anilines is 1. The van der Waals surface area contributed by atoms with E-state index in [0.717, 1.165) is 28.2 Å². The summed E-state index contributed by atoms with van der Waals surface area (Å²) in [6.07, 6.45) is -1.09. The lowest BCUT2D eigenvalue weighted by Crippen LogP contribution is -2.48. The molecule has 0 atom stereocenters. The van der Waals surface area contributed by atoms with Gasteiger partial charge in [-0.15, -0.1) is 0 Å².